The van der Waals surface area contributed by atoms with Gasteiger partial charge in [-0.3, -0.25) is 4.98 Å². The fourth-order valence-electron chi connectivity index (χ4n) is 2.37. The quantitative estimate of drug-likeness (QED) is 0.663. The van der Waals surface area contributed by atoms with Gasteiger partial charge in [0.1, 0.15) is 5.52 Å². The Morgan fingerprint density at radius 3 is 2.73 bits per heavy atom. The summed E-state index contributed by atoms with van der Waals surface area (Å²) in [6, 6.07) is 3.96. The standard InChI is InChI=1S/C15H19N7/c1-9(2)11(18-7-10-3-5-17-6-4-10)15-21-13(16)12-14(22-15)20-8-19-12/h3-6,8-9,11,18H,7H2,1-2H3,(H3,16,19,20,21,22). The molecule has 0 fully saturated rings. The van der Waals surface area contributed by atoms with E-state index in [-0.39, 0.29) is 6.04 Å². The van der Waals surface area contributed by atoms with Crippen molar-refractivity contribution in [3.8, 4) is 0 Å². The SMILES string of the molecule is CC(C)C(NCc1ccncc1)c1nc(N)c2[nH]cnc2n1. The van der Waals surface area contributed by atoms with Crippen molar-refractivity contribution in [1.82, 2.24) is 30.2 Å². The lowest BCUT2D eigenvalue weighted by atomic mass is 10.0. The van der Waals surface area contributed by atoms with Crippen LogP contribution in [0, 0.1) is 5.92 Å². The molecule has 1 atom stereocenters. The minimum absolute atomic E-state index is 0.00318. The summed E-state index contributed by atoms with van der Waals surface area (Å²) < 4.78 is 0. The summed E-state index contributed by atoms with van der Waals surface area (Å²) in [7, 11) is 0. The molecule has 3 aromatic rings. The van der Waals surface area contributed by atoms with Crippen molar-refractivity contribution in [3.05, 3.63) is 42.2 Å². The first-order chi connectivity index (χ1) is 10.6. The molecule has 0 aromatic carbocycles. The van der Waals surface area contributed by atoms with Crippen LogP contribution in [0.1, 0.15) is 31.3 Å². The summed E-state index contributed by atoms with van der Waals surface area (Å²) in [5.74, 6) is 1.41. The lowest BCUT2D eigenvalue weighted by Crippen LogP contribution is -2.27. The molecular weight excluding hydrogens is 278 g/mol. The Bertz CT molecular complexity index is 751. The largest absolute Gasteiger partial charge is 0.382 e. The van der Waals surface area contributed by atoms with Crippen LogP contribution in [0.3, 0.4) is 0 Å². The van der Waals surface area contributed by atoms with E-state index in [2.05, 4.69) is 44.1 Å². The van der Waals surface area contributed by atoms with Crippen LogP contribution in [0.4, 0.5) is 5.82 Å². The molecule has 0 radical (unpaired) electrons. The summed E-state index contributed by atoms with van der Waals surface area (Å²) in [4.78, 5) is 20.1. The Hall–Kier alpha value is -2.54. The number of H-pyrrole nitrogens is 1. The number of aromatic amines is 1. The Kier molecular flexibility index (Phi) is 3.97. The molecule has 114 valence electrons. The number of nitrogens with one attached hydrogen (secondary N) is 2. The Balaban J connectivity index is 1.86. The molecule has 0 saturated heterocycles. The van der Waals surface area contributed by atoms with Crippen LogP contribution in [0.2, 0.25) is 0 Å². The normalized spacial score (nSPS) is 12.9. The van der Waals surface area contributed by atoms with Gasteiger partial charge in [0.25, 0.3) is 0 Å². The predicted octanol–water partition coefficient (Wildman–Crippen LogP) is 1.82. The first-order valence-corrected chi connectivity index (χ1v) is 7.24. The highest BCUT2D eigenvalue weighted by molar-refractivity contribution is 5.80. The van der Waals surface area contributed by atoms with Crippen molar-refractivity contribution in [2.24, 2.45) is 5.92 Å². The fraction of sp³-hybridized carbons (Fsp3) is 0.333. The van der Waals surface area contributed by atoms with Gasteiger partial charge in [-0.25, -0.2) is 15.0 Å². The van der Waals surface area contributed by atoms with E-state index in [0.717, 1.165) is 5.56 Å². The van der Waals surface area contributed by atoms with Crippen LogP contribution in [0.25, 0.3) is 11.2 Å². The highest BCUT2D eigenvalue weighted by atomic mass is 15.1. The van der Waals surface area contributed by atoms with Crippen LogP contribution >= 0.6 is 0 Å². The van der Waals surface area contributed by atoms with Crippen LogP contribution in [-0.4, -0.2) is 24.9 Å². The molecule has 0 spiro atoms. The van der Waals surface area contributed by atoms with Gasteiger partial charge in [-0.05, 0) is 23.6 Å². The predicted molar refractivity (Wildman–Crippen MR) is 84.8 cm³/mol. The average molecular weight is 297 g/mol. The summed E-state index contributed by atoms with van der Waals surface area (Å²) in [5, 5.41) is 3.49. The van der Waals surface area contributed by atoms with Gasteiger partial charge in [0.15, 0.2) is 17.3 Å². The first kappa shape index (κ1) is 14.4. The van der Waals surface area contributed by atoms with Crippen LogP contribution in [-0.2, 0) is 6.54 Å². The first-order valence-electron chi connectivity index (χ1n) is 7.24. The maximum Gasteiger partial charge on any atom is 0.183 e. The van der Waals surface area contributed by atoms with Gasteiger partial charge >= 0.3 is 0 Å². The second-order valence-electron chi connectivity index (χ2n) is 5.53. The number of imidazole rings is 1. The Morgan fingerprint density at radius 1 is 1.23 bits per heavy atom. The van der Waals surface area contributed by atoms with E-state index < -0.39 is 0 Å². The van der Waals surface area contributed by atoms with E-state index in [1.807, 2.05) is 12.1 Å². The second kappa shape index (κ2) is 6.07. The van der Waals surface area contributed by atoms with E-state index in [0.29, 0.717) is 35.3 Å². The molecule has 3 rings (SSSR count). The zero-order valence-corrected chi connectivity index (χ0v) is 12.6. The molecule has 1 unspecified atom stereocenters. The number of nitrogens with zero attached hydrogens (tertiary/aromatic N) is 4. The third-order valence-corrected chi connectivity index (χ3v) is 3.55. The maximum absolute atomic E-state index is 5.99. The maximum atomic E-state index is 5.99. The number of aromatic nitrogens is 5. The van der Waals surface area contributed by atoms with E-state index in [9.17, 15) is 0 Å². The lowest BCUT2D eigenvalue weighted by molar-refractivity contribution is 0.394. The monoisotopic (exact) mass is 297 g/mol. The molecule has 22 heavy (non-hydrogen) atoms. The van der Waals surface area contributed by atoms with Crippen molar-refractivity contribution >= 4 is 17.0 Å². The smallest absolute Gasteiger partial charge is 0.183 e. The van der Waals surface area contributed by atoms with Crippen molar-refractivity contribution in [2.75, 3.05) is 5.73 Å². The molecule has 4 N–H and O–H groups in total. The number of nitrogen functional groups attached to an aromatic ring is 1. The average Bonchev–Trinajstić information content (AvgIpc) is 2.97. The van der Waals surface area contributed by atoms with Gasteiger partial charge < -0.3 is 16.0 Å². The molecule has 3 heterocycles. The van der Waals surface area contributed by atoms with Gasteiger partial charge in [0.2, 0.25) is 0 Å². The number of rotatable bonds is 5. The van der Waals surface area contributed by atoms with Gasteiger partial charge in [0, 0.05) is 18.9 Å². The van der Waals surface area contributed by atoms with Crippen molar-refractivity contribution in [1.29, 1.82) is 0 Å². The van der Waals surface area contributed by atoms with Gasteiger partial charge in [-0.15, -0.1) is 0 Å². The minimum atomic E-state index is -0.00318. The number of hydrogen-bond acceptors (Lipinski definition) is 6. The molecule has 7 heteroatoms. The van der Waals surface area contributed by atoms with Gasteiger partial charge in [-0.1, -0.05) is 13.8 Å². The molecule has 0 saturated carbocycles. The fourth-order valence-corrected chi connectivity index (χ4v) is 2.37. The minimum Gasteiger partial charge on any atom is -0.382 e. The van der Waals surface area contributed by atoms with Gasteiger partial charge in [0.05, 0.1) is 12.4 Å². The molecule has 0 amide bonds. The topological polar surface area (TPSA) is 105 Å². The van der Waals surface area contributed by atoms with E-state index >= 15 is 0 Å². The molecule has 0 aliphatic carbocycles. The summed E-state index contributed by atoms with van der Waals surface area (Å²) in [6.07, 6.45) is 5.14. The Labute approximate surface area is 128 Å². The molecule has 0 bridgehead atoms. The highest BCUT2D eigenvalue weighted by Crippen LogP contribution is 2.22. The Morgan fingerprint density at radius 2 is 2.00 bits per heavy atom. The summed E-state index contributed by atoms with van der Waals surface area (Å²) in [5.41, 5.74) is 8.43. The summed E-state index contributed by atoms with van der Waals surface area (Å²) >= 11 is 0. The number of anilines is 1. The molecule has 7 nitrogen and oxygen atoms in total. The van der Waals surface area contributed by atoms with E-state index in [4.69, 9.17) is 5.73 Å². The van der Waals surface area contributed by atoms with Crippen molar-refractivity contribution in [2.45, 2.75) is 26.4 Å². The van der Waals surface area contributed by atoms with Gasteiger partial charge in [-0.2, -0.15) is 0 Å². The number of nitrogens with two attached hydrogens (primary N) is 1. The van der Waals surface area contributed by atoms with E-state index in [1.165, 1.54) is 0 Å². The van der Waals surface area contributed by atoms with Crippen LogP contribution in [0.15, 0.2) is 30.9 Å². The summed E-state index contributed by atoms with van der Waals surface area (Å²) in [6.45, 7) is 4.96. The van der Waals surface area contributed by atoms with Crippen molar-refractivity contribution in [3.63, 3.8) is 0 Å². The zero-order chi connectivity index (χ0) is 15.5. The number of fused-ring (bicyclic) bond motifs is 1. The molecule has 0 aliphatic heterocycles. The number of hydrogen-bond donors (Lipinski definition) is 3. The van der Waals surface area contributed by atoms with E-state index in [1.54, 1.807) is 18.7 Å². The highest BCUT2D eigenvalue weighted by Gasteiger charge is 2.20. The number of pyridine rings is 1. The van der Waals surface area contributed by atoms with Crippen LogP contribution in [0.5, 0.6) is 0 Å². The second-order valence-corrected chi connectivity index (χ2v) is 5.53. The third kappa shape index (κ3) is 2.89. The molecular formula is C15H19N7. The lowest BCUT2D eigenvalue weighted by Gasteiger charge is -2.21. The molecule has 3 aromatic heterocycles. The molecule has 0 aliphatic rings. The zero-order valence-electron chi connectivity index (χ0n) is 12.6. The van der Waals surface area contributed by atoms with Crippen LogP contribution < -0.4 is 11.1 Å². The third-order valence-electron chi connectivity index (χ3n) is 3.55. The van der Waals surface area contributed by atoms with Crippen molar-refractivity contribution < 1.29 is 0 Å².